The van der Waals surface area contributed by atoms with Gasteiger partial charge in [-0.25, -0.2) is 15.2 Å². The first-order valence-electron chi connectivity index (χ1n) is 7.49. The van der Waals surface area contributed by atoms with Crippen molar-refractivity contribution < 1.29 is 37.5 Å². The molecule has 0 fully saturated rings. The summed E-state index contributed by atoms with van der Waals surface area (Å²) in [5, 5.41) is 10.4. The van der Waals surface area contributed by atoms with E-state index in [9.17, 15) is 32.7 Å². The van der Waals surface area contributed by atoms with Gasteiger partial charge in [0.2, 0.25) is 0 Å². The molecule has 0 aromatic heterocycles. The molecule has 3 rings (SSSR count). The summed E-state index contributed by atoms with van der Waals surface area (Å²) in [7, 11) is 0. The molecule has 7 nitrogen and oxygen atoms in total. The van der Waals surface area contributed by atoms with Crippen LogP contribution in [0.3, 0.4) is 0 Å². The maximum Gasteiger partial charge on any atom is 0.493 e. The van der Waals surface area contributed by atoms with Crippen molar-refractivity contribution >= 4 is 23.5 Å². The number of anilines is 1. The molecule has 0 saturated heterocycles. The lowest BCUT2D eigenvalue weighted by molar-refractivity contribution is -0.196. The molecule has 0 bridgehead atoms. The van der Waals surface area contributed by atoms with Crippen molar-refractivity contribution in [1.29, 1.82) is 0 Å². The van der Waals surface area contributed by atoms with Crippen LogP contribution in [-0.4, -0.2) is 34.0 Å². The zero-order valence-corrected chi connectivity index (χ0v) is 13.4. The number of halogens is 3. The minimum atomic E-state index is -5.18. The monoisotopic (exact) mass is 380 g/mol. The van der Waals surface area contributed by atoms with Crippen LogP contribution >= 0.6 is 0 Å². The van der Waals surface area contributed by atoms with Crippen molar-refractivity contribution in [2.75, 3.05) is 5.48 Å². The van der Waals surface area contributed by atoms with Crippen LogP contribution in [0.2, 0.25) is 0 Å². The molecule has 0 radical (unpaired) electrons. The molecule has 1 heterocycles. The minimum absolute atomic E-state index is 0.0255. The number of aliphatic hydroxyl groups is 1. The second-order valence-electron chi connectivity index (χ2n) is 5.51. The molecule has 2 aromatic rings. The average molecular weight is 380 g/mol. The second-order valence-corrected chi connectivity index (χ2v) is 5.51. The van der Waals surface area contributed by atoms with Gasteiger partial charge in [0.25, 0.3) is 11.8 Å². The molecule has 10 heteroatoms. The number of nitrogens with one attached hydrogen (secondary N) is 1. The Hall–Kier alpha value is -3.40. The molecule has 1 atom stereocenters. The molecular formula is C17H11F3N2O5. The van der Waals surface area contributed by atoms with Gasteiger partial charge in [-0.2, -0.15) is 13.2 Å². The van der Waals surface area contributed by atoms with Crippen molar-refractivity contribution in [2.45, 2.75) is 12.4 Å². The van der Waals surface area contributed by atoms with E-state index in [1.165, 1.54) is 30.3 Å². The van der Waals surface area contributed by atoms with Crippen LogP contribution in [0.4, 0.5) is 18.9 Å². The van der Waals surface area contributed by atoms with Crippen LogP contribution in [0.1, 0.15) is 32.5 Å². The predicted octanol–water partition coefficient (Wildman–Crippen LogP) is 2.41. The van der Waals surface area contributed by atoms with Crippen LogP contribution in [0, 0.1) is 0 Å². The Morgan fingerprint density at radius 3 is 2.19 bits per heavy atom. The van der Waals surface area contributed by atoms with Gasteiger partial charge < -0.3 is 9.94 Å². The SMILES string of the molecule is O=C1c2ccccc2C(=O)N1C(O)c1cccc(NOC(=O)C(F)(F)F)c1. The van der Waals surface area contributed by atoms with Crippen molar-refractivity contribution in [2.24, 2.45) is 0 Å². The number of amides is 2. The molecule has 0 aliphatic carbocycles. The zero-order chi connectivity index (χ0) is 19.8. The third kappa shape index (κ3) is 3.47. The van der Waals surface area contributed by atoms with Crippen LogP contribution in [-0.2, 0) is 9.63 Å². The lowest BCUT2D eigenvalue weighted by Gasteiger charge is -2.22. The number of carbonyl (C=O) groups is 3. The fraction of sp³-hybridized carbons (Fsp3) is 0.118. The van der Waals surface area contributed by atoms with Crippen molar-refractivity contribution in [3.8, 4) is 0 Å². The van der Waals surface area contributed by atoms with Crippen LogP contribution in [0.25, 0.3) is 0 Å². The lowest BCUT2D eigenvalue weighted by atomic mass is 10.1. The molecule has 2 amide bonds. The van der Waals surface area contributed by atoms with Gasteiger partial charge in [-0.3, -0.25) is 9.59 Å². The standard InChI is InChI=1S/C17H11F3N2O5/c18-17(19,20)16(26)27-21-10-5-3-4-9(8-10)13(23)22-14(24)11-6-1-2-7-12(11)15(22)25/h1-8,13,21,23H. The van der Waals surface area contributed by atoms with Crippen molar-refractivity contribution in [1.82, 2.24) is 4.90 Å². The Kier molecular flexibility index (Phi) is 4.58. The molecule has 1 aliphatic heterocycles. The molecule has 0 saturated carbocycles. The largest absolute Gasteiger partial charge is 0.493 e. The quantitative estimate of drug-likeness (QED) is 0.625. The summed E-state index contributed by atoms with van der Waals surface area (Å²) < 4.78 is 36.4. The predicted molar refractivity (Wildman–Crippen MR) is 84.1 cm³/mol. The summed E-state index contributed by atoms with van der Waals surface area (Å²) in [5.41, 5.74) is 2.00. The third-order valence-corrected chi connectivity index (χ3v) is 3.75. The highest BCUT2D eigenvalue weighted by Gasteiger charge is 2.42. The molecule has 27 heavy (non-hydrogen) atoms. The van der Waals surface area contributed by atoms with Gasteiger partial charge in [0, 0.05) is 5.56 Å². The highest BCUT2D eigenvalue weighted by Crippen LogP contribution is 2.30. The van der Waals surface area contributed by atoms with Gasteiger partial charge in [0.05, 0.1) is 16.8 Å². The fourth-order valence-corrected chi connectivity index (χ4v) is 2.50. The first-order valence-corrected chi connectivity index (χ1v) is 7.49. The number of nitrogens with zero attached hydrogens (tertiary/aromatic N) is 1. The summed E-state index contributed by atoms with van der Waals surface area (Å²) in [4.78, 5) is 40.0. The van der Waals surface area contributed by atoms with Crippen molar-refractivity contribution in [3.05, 3.63) is 65.2 Å². The maximum absolute atomic E-state index is 12.4. The summed E-state index contributed by atoms with van der Waals surface area (Å²) in [6.45, 7) is 0. The Morgan fingerprint density at radius 1 is 1.04 bits per heavy atom. The normalized spacial score (nSPS) is 14.7. The van der Waals surface area contributed by atoms with E-state index in [1.807, 2.05) is 5.48 Å². The van der Waals surface area contributed by atoms with Crippen molar-refractivity contribution in [3.63, 3.8) is 0 Å². The smallest absolute Gasteiger partial charge is 0.369 e. The number of imide groups is 1. The second kappa shape index (κ2) is 6.72. The van der Waals surface area contributed by atoms with E-state index >= 15 is 0 Å². The number of benzene rings is 2. The number of aliphatic hydroxyl groups excluding tert-OH is 1. The summed E-state index contributed by atoms with van der Waals surface area (Å²) in [5.74, 6) is -3.86. The number of rotatable bonds is 4. The lowest BCUT2D eigenvalue weighted by Crippen LogP contribution is -2.34. The Labute approximate surface area is 149 Å². The molecule has 1 unspecified atom stereocenters. The maximum atomic E-state index is 12.4. The van der Waals surface area contributed by atoms with Gasteiger partial charge in [-0.1, -0.05) is 24.3 Å². The summed E-state index contributed by atoms with van der Waals surface area (Å²) in [6.07, 6.45) is -6.86. The molecule has 2 N–H and O–H groups in total. The fourth-order valence-electron chi connectivity index (χ4n) is 2.50. The number of hydrogen-bond acceptors (Lipinski definition) is 6. The van der Waals surface area contributed by atoms with Gasteiger partial charge in [0.1, 0.15) is 0 Å². The molecule has 1 aliphatic rings. The minimum Gasteiger partial charge on any atom is -0.369 e. The first kappa shape index (κ1) is 18.4. The van der Waals surface area contributed by atoms with E-state index in [1.54, 1.807) is 12.1 Å². The number of alkyl halides is 3. The highest BCUT2D eigenvalue weighted by atomic mass is 19.4. The summed E-state index contributed by atoms with van der Waals surface area (Å²) >= 11 is 0. The van der Waals surface area contributed by atoms with Crippen LogP contribution in [0.15, 0.2) is 48.5 Å². The molecule has 0 spiro atoms. The molecular weight excluding hydrogens is 369 g/mol. The van der Waals surface area contributed by atoms with Gasteiger partial charge in [-0.05, 0) is 24.3 Å². The van der Waals surface area contributed by atoms with Crippen LogP contribution < -0.4 is 5.48 Å². The Morgan fingerprint density at radius 2 is 1.63 bits per heavy atom. The Balaban J connectivity index is 1.79. The van der Waals surface area contributed by atoms with Gasteiger partial charge in [0.15, 0.2) is 6.23 Å². The summed E-state index contributed by atoms with van der Waals surface area (Å²) in [6, 6.07) is 11.1. The number of fused-ring (bicyclic) bond motifs is 1. The van der Waals surface area contributed by atoms with Gasteiger partial charge in [-0.15, -0.1) is 0 Å². The van der Waals surface area contributed by atoms with E-state index in [0.29, 0.717) is 4.90 Å². The van der Waals surface area contributed by atoms with E-state index in [4.69, 9.17) is 0 Å². The van der Waals surface area contributed by atoms with E-state index < -0.39 is 30.2 Å². The van der Waals surface area contributed by atoms with E-state index in [2.05, 4.69) is 4.84 Å². The average Bonchev–Trinajstić information content (AvgIpc) is 2.89. The number of hydrogen-bond donors (Lipinski definition) is 2. The zero-order valence-electron chi connectivity index (χ0n) is 13.4. The van der Waals surface area contributed by atoms with Crippen LogP contribution in [0.5, 0.6) is 0 Å². The first-order chi connectivity index (χ1) is 12.7. The number of carbonyl (C=O) groups excluding carboxylic acids is 3. The third-order valence-electron chi connectivity index (χ3n) is 3.75. The van der Waals surface area contributed by atoms with E-state index in [-0.39, 0.29) is 22.4 Å². The molecule has 2 aromatic carbocycles. The van der Waals surface area contributed by atoms with E-state index in [0.717, 1.165) is 6.07 Å². The van der Waals surface area contributed by atoms with Gasteiger partial charge >= 0.3 is 12.1 Å². The highest BCUT2D eigenvalue weighted by molar-refractivity contribution is 6.21. The topological polar surface area (TPSA) is 95.9 Å². The Bertz CT molecular complexity index is 894. The molecule has 140 valence electrons.